The Morgan fingerprint density at radius 3 is 1.71 bits per heavy atom. The first-order valence-electron chi connectivity index (χ1n) is 15.3. The second-order valence-electron chi connectivity index (χ2n) is 11.8. The van der Waals surface area contributed by atoms with Crippen LogP contribution < -0.4 is 4.90 Å². The fourth-order valence-corrected chi connectivity index (χ4v) is 7.94. The zero-order valence-electron chi connectivity index (χ0n) is 24.3. The van der Waals surface area contributed by atoms with Gasteiger partial charge in [-0.3, -0.25) is 9.97 Å². The summed E-state index contributed by atoms with van der Waals surface area (Å²) in [6, 6.07) is 52.3. The second kappa shape index (κ2) is 9.01. The predicted octanol–water partition coefficient (Wildman–Crippen LogP) is 9.72. The van der Waals surface area contributed by atoms with Crippen LogP contribution in [0.25, 0.3) is 38.6 Å². The van der Waals surface area contributed by atoms with Gasteiger partial charge in [0.2, 0.25) is 0 Å². The van der Waals surface area contributed by atoms with Gasteiger partial charge in [-0.05, 0) is 66.2 Å². The molecule has 1 aliphatic carbocycles. The van der Waals surface area contributed by atoms with Crippen molar-refractivity contribution in [1.82, 2.24) is 14.5 Å². The van der Waals surface area contributed by atoms with Crippen molar-refractivity contribution in [2.45, 2.75) is 5.41 Å². The van der Waals surface area contributed by atoms with Gasteiger partial charge in [-0.2, -0.15) is 0 Å². The minimum Gasteiger partial charge on any atom is -0.310 e. The maximum absolute atomic E-state index is 5.17. The van der Waals surface area contributed by atoms with Crippen LogP contribution in [0, 0.1) is 0 Å². The predicted molar refractivity (Wildman–Crippen MR) is 182 cm³/mol. The van der Waals surface area contributed by atoms with Crippen LogP contribution in [0.2, 0.25) is 0 Å². The molecule has 5 aromatic carbocycles. The molecule has 0 bridgehead atoms. The molecule has 0 saturated carbocycles. The quantitative estimate of drug-likeness (QED) is 0.206. The highest BCUT2D eigenvalue weighted by Crippen LogP contribution is 2.62. The molecule has 0 unspecified atom stereocenters. The maximum Gasteiger partial charge on any atom is 0.110 e. The average molecular weight is 575 g/mol. The zero-order chi connectivity index (χ0) is 29.5. The van der Waals surface area contributed by atoms with Gasteiger partial charge in [0.1, 0.15) is 5.41 Å². The molecule has 1 spiro atoms. The average Bonchev–Trinajstić information content (AvgIpc) is 3.60. The van der Waals surface area contributed by atoms with Gasteiger partial charge in [0.15, 0.2) is 0 Å². The summed E-state index contributed by atoms with van der Waals surface area (Å²) in [7, 11) is 0. The molecular weight excluding hydrogens is 548 g/mol. The maximum atomic E-state index is 5.17. The Bertz CT molecular complexity index is 2360. The molecule has 0 saturated heterocycles. The molecule has 0 atom stereocenters. The van der Waals surface area contributed by atoms with E-state index in [1.807, 2.05) is 24.5 Å². The Kier molecular flexibility index (Phi) is 4.89. The highest BCUT2D eigenvalue weighted by molar-refractivity contribution is 6.09. The topological polar surface area (TPSA) is 34.0 Å². The van der Waals surface area contributed by atoms with E-state index in [2.05, 4.69) is 143 Å². The summed E-state index contributed by atoms with van der Waals surface area (Å²) in [6.45, 7) is 0. The lowest BCUT2D eigenvalue weighted by molar-refractivity contribution is 0.700. The summed E-state index contributed by atoms with van der Waals surface area (Å²) in [5, 5.41) is 2.49. The number of fused-ring (bicyclic) bond motifs is 12. The molecular formula is C41H26N4. The highest BCUT2D eigenvalue weighted by atomic mass is 15.2. The van der Waals surface area contributed by atoms with Crippen LogP contribution in [-0.4, -0.2) is 14.5 Å². The normalized spacial score (nSPS) is 13.9. The molecule has 0 amide bonds. The van der Waals surface area contributed by atoms with Crippen LogP contribution in [-0.2, 0) is 5.41 Å². The summed E-state index contributed by atoms with van der Waals surface area (Å²) in [5.41, 5.74) is 12.8. The van der Waals surface area contributed by atoms with E-state index in [1.54, 1.807) is 0 Å². The molecule has 4 heteroatoms. The largest absolute Gasteiger partial charge is 0.310 e. The van der Waals surface area contributed by atoms with E-state index in [0.717, 1.165) is 45.3 Å². The Balaban J connectivity index is 1.38. The minimum atomic E-state index is -0.695. The molecule has 0 fully saturated rings. The van der Waals surface area contributed by atoms with Gasteiger partial charge in [-0.25, -0.2) is 0 Å². The van der Waals surface area contributed by atoms with E-state index in [-0.39, 0.29) is 0 Å². The zero-order valence-corrected chi connectivity index (χ0v) is 24.3. The number of anilines is 3. The van der Waals surface area contributed by atoms with E-state index >= 15 is 0 Å². The fraction of sp³-hybridized carbons (Fsp3) is 0.0244. The lowest BCUT2D eigenvalue weighted by atomic mass is 9.67. The highest BCUT2D eigenvalue weighted by Gasteiger charge is 2.54. The monoisotopic (exact) mass is 574 g/mol. The smallest absolute Gasteiger partial charge is 0.110 e. The third-order valence-corrected chi connectivity index (χ3v) is 9.64. The molecule has 2 aliphatic rings. The van der Waals surface area contributed by atoms with Crippen LogP contribution in [0.15, 0.2) is 158 Å². The first-order chi connectivity index (χ1) is 22.4. The number of aromatic nitrogens is 3. The van der Waals surface area contributed by atoms with Crippen molar-refractivity contribution >= 4 is 38.9 Å². The lowest BCUT2D eigenvalue weighted by Gasteiger charge is -2.44. The fourth-order valence-electron chi connectivity index (χ4n) is 7.94. The van der Waals surface area contributed by atoms with Crippen molar-refractivity contribution in [3.63, 3.8) is 0 Å². The van der Waals surface area contributed by atoms with E-state index in [0.29, 0.717) is 0 Å². The Morgan fingerprint density at radius 1 is 0.444 bits per heavy atom. The third kappa shape index (κ3) is 3.10. The summed E-state index contributed by atoms with van der Waals surface area (Å²) >= 11 is 0. The molecule has 0 N–H and O–H groups in total. The molecule has 210 valence electrons. The number of rotatable bonds is 2. The Labute approximate surface area is 260 Å². The van der Waals surface area contributed by atoms with Gasteiger partial charge in [0, 0.05) is 51.2 Å². The second-order valence-corrected chi connectivity index (χ2v) is 11.8. The van der Waals surface area contributed by atoms with Crippen molar-refractivity contribution in [3.8, 4) is 16.8 Å². The van der Waals surface area contributed by atoms with E-state index in [4.69, 9.17) is 9.97 Å². The minimum absolute atomic E-state index is 0.695. The molecule has 4 heterocycles. The molecule has 3 aromatic heterocycles. The van der Waals surface area contributed by atoms with Crippen molar-refractivity contribution in [2.75, 3.05) is 4.90 Å². The Hall–Kier alpha value is -6.00. The number of hydrogen-bond acceptors (Lipinski definition) is 3. The van der Waals surface area contributed by atoms with E-state index in [1.165, 1.54) is 32.9 Å². The number of benzene rings is 5. The van der Waals surface area contributed by atoms with Gasteiger partial charge < -0.3 is 9.47 Å². The molecule has 45 heavy (non-hydrogen) atoms. The molecule has 4 nitrogen and oxygen atoms in total. The van der Waals surface area contributed by atoms with Crippen LogP contribution in [0.4, 0.5) is 17.1 Å². The molecule has 1 aliphatic heterocycles. The molecule has 0 radical (unpaired) electrons. The van der Waals surface area contributed by atoms with Crippen molar-refractivity contribution in [1.29, 1.82) is 0 Å². The molecule has 8 aromatic rings. The summed E-state index contributed by atoms with van der Waals surface area (Å²) in [5.74, 6) is 0. The van der Waals surface area contributed by atoms with Gasteiger partial charge >= 0.3 is 0 Å². The number of hydrogen-bond donors (Lipinski definition) is 0. The number of para-hydroxylation sites is 4. The van der Waals surface area contributed by atoms with Crippen molar-refractivity contribution in [3.05, 3.63) is 181 Å². The number of nitrogens with zero attached hydrogens (tertiary/aromatic N) is 4. The lowest BCUT2D eigenvalue weighted by Crippen LogP contribution is -2.37. The van der Waals surface area contributed by atoms with Gasteiger partial charge in [-0.1, -0.05) is 84.9 Å². The first kappa shape index (κ1) is 24.4. The third-order valence-electron chi connectivity index (χ3n) is 9.64. The van der Waals surface area contributed by atoms with Crippen LogP contribution in [0.5, 0.6) is 0 Å². The number of pyridine rings is 2. The Morgan fingerprint density at radius 2 is 1.02 bits per heavy atom. The van der Waals surface area contributed by atoms with Gasteiger partial charge in [0.25, 0.3) is 0 Å². The summed E-state index contributed by atoms with van der Waals surface area (Å²) < 4.78 is 2.40. The van der Waals surface area contributed by atoms with E-state index < -0.39 is 5.41 Å². The SMILES string of the molecule is c1ccc(N2c3ccccc3C3(c4cc(-n5c6ccccc6c6ccccc65)ccc42)c2ncccc2-c2cccnc23)cc1. The van der Waals surface area contributed by atoms with Crippen LogP contribution >= 0.6 is 0 Å². The molecule has 10 rings (SSSR count). The van der Waals surface area contributed by atoms with Gasteiger partial charge in [0.05, 0.1) is 33.8 Å². The first-order valence-corrected chi connectivity index (χ1v) is 15.3. The van der Waals surface area contributed by atoms with Crippen LogP contribution in [0.3, 0.4) is 0 Å². The van der Waals surface area contributed by atoms with Crippen LogP contribution in [0.1, 0.15) is 22.5 Å². The van der Waals surface area contributed by atoms with E-state index in [9.17, 15) is 0 Å². The standard InChI is InChI=1S/C41H26N4/c1-2-12-27(13-3-1)44-37-21-9-6-18-33(37)41(39-31(16-10-24-42-39)32-17-11-25-43-40(32)41)34-26-28(22-23-38(34)44)45-35-19-7-4-14-29(35)30-15-5-8-20-36(30)45/h1-26H. The van der Waals surface area contributed by atoms with Crippen molar-refractivity contribution in [2.24, 2.45) is 0 Å². The van der Waals surface area contributed by atoms with Crippen molar-refractivity contribution < 1.29 is 0 Å². The summed E-state index contributed by atoms with van der Waals surface area (Å²) in [6.07, 6.45) is 3.85. The summed E-state index contributed by atoms with van der Waals surface area (Å²) in [4.78, 5) is 12.7. The van der Waals surface area contributed by atoms with Gasteiger partial charge in [-0.15, -0.1) is 0 Å².